The quantitative estimate of drug-likeness (QED) is 0.299. The van der Waals surface area contributed by atoms with E-state index in [1.807, 2.05) is 39.8 Å². The average Bonchev–Trinajstić information content (AvgIpc) is 2.65. The molecule has 162 valence electrons. The van der Waals surface area contributed by atoms with Gasteiger partial charge in [-0.3, -0.25) is 5.32 Å². The Morgan fingerprint density at radius 2 is 1.66 bits per heavy atom. The van der Waals surface area contributed by atoms with Gasteiger partial charge in [-0.25, -0.2) is 14.6 Å². The van der Waals surface area contributed by atoms with Crippen molar-refractivity contribution in [2.24, 2.45) is 4.99 Å². The fourth-order valence-electron chi connectivity index (χ4n) is 2.17. The highest BCUT2D eigenvalue weighted by atomic mass is 16.6. The lowest BCUT2D eigenvalue weighted by Gasteiger charge is -2.19. The molecule has 0 aromatic heterocycles. The van der Waals surface area contributed by atoms with Crippen molar-refractivity contribution in [3.8, 4) is 0 Å². The van der Waals surface area contributed by atoms with Crippen LogP contribution in [0.5, 0.6) is 0 Å². The number of nitrogens with zero attached hydrogens (tertiary/aromatic N) is 1. The normalized spacial score (nSPS) is 11.4. The standard InChI is InChI=1S/C20H33N5O4/c1-6-21-17(22-12-7-13-23-18(26)29-20(2,3)4)24-14-15-8-10-16(11-9-15)25-19(27)28-5/h8-11H,6-7,12-14H2,1-5H3,(H,23,26)(H,25,27)(H2,21,22,24). The number of anilines is 1. The Labute approximate surface area is 172 Å². The van der Waals surface area contributed by atoms with Crippen LogP contribution in [-0.4, -0.2) is 50.5 Å². The second-order valence-electron chi connectivity index (χ2n) is 7.22. The number of methoxy groups -OCH3 is 1. The Kier molecular flexibility index (Phi) is 10.4. The van der Waals surface area contributed by atoms with Gasteiger partial charge in [0.25, 0.3) is 0 Å². The van der Waals surface area contributed by atoms with Gasteiger partial charge in [0.1, 0.15) is 5.60 Å². The third-order valence-electron chi connectivity index (χ3n) is 3.46. The van der Waals surface area contributed by atoms with Crippen LogP contribution in [0.25, 0.3) is 0 Å². The number of benzene rings is 1. The summed E-state index contributed by atoms with van der Waals surface area (Å²) in [6, 6.07) is 7.38. The predicted molar refractivity (Wildman–Crippen MR) is 114 cm³/mol. The molecule has 0 aliphatic carbocycles. The molecule has 0 heterocycles. The van der Waals surface area contributed by atoms with Crippen molar-refractivity contribution in [3.05, 3.63) is 29.8 Å². The maximum absolute atomic E-state index is 11.6. The number of amides is 2. The van der Waals surface area contributed by atoms with Crippen molar-refractivity contribution in [1.29, 1.82) is 0 Å². The third-order valence-corrected chi connectivity index (χ3v) is 3.46. The van der Waals surface area contributed by atoms with E-state index in [1.54, 1.807) is 12.1 Å². The molecule has 0 saturated heterocycles. The fourth-order valence-corrected chi connectivity index (χ4v) is 2.17. The third kappa shape index (κ3) is 11.5. The zero-order valence-electron chi connectivity index (χ0n) is 17.9. The zero-order valence-corrected chi connectivity index (χ0v) is 17.9. The minimum absolute atomic E-state index is 0.414. The molecule has 4 N–H and O–H groups in total. The second kappa shape index (κ2) is 12.5. The molecule has 1 rings (SSSR count). The number of rotatable bonds is 8. The van der Waals surface area contributed by atoms with E-state index in [0.717, 1.165) is 18.5 Å². The first-order valence-electron chi connectivity index (χ1n) is 9.66. The van der Waals surface area contributed by atoms with E-state index in [-0.39, 0.29) is 0 Å². The molecule has 2 amide bonds. The molecular weight excluding hydrogens is 374 g/mol. The molecule has 9 nitrogen and oxygen atoms in total. The summed E-state index contributed by atoms with van der Waals surface area (Å²) in [7, 11) is 1.32. The lowest BCUT2D eigenvalue weighted by atomic mass is 10.2. The van der Waals surface area contributed by atoms with Crippen LogP contribution in [-0.2, 0) is 16.0 Å². The number of aliphatic imine (C=N–C) groups is 1. The van der Waals surface area contributed by atoms with Gasteiger partial charge in [0.15, 0.2) is 5.96 Å². The number of guanidine groups is 1. The monoisotopic (exact) mass is 407 g/mol. The molecule has 1 aromatic carbocycles. The highest BCUT2D eigenvalue weighted by Gasteiger charge is 2.15. The maximum atomic E-state index is 11.6. The Bertz CT molecular complexity index is 668. The number of nitrogens with one attached hydrogen (secondary N) is 4. The number of carbonyl (C=O) groups excluding carboxylic acids is 2. The van der Waals surface area contributed by atoms with Crippen LogP contribution < -0.4 is 21.3 Å². The molecule has 0 atom stereocenters. The van der Waals surface area contributed by atoms with Crippen molar-refractivity contribution < 1.29 is 19.1 Å². The summed E-state index contributed by atoms with van der Waals surface area (Å²) >= 11 is 0. The fraction of sp³-hybridized carbons (Fsp3) is 0.550. The van der Waals surface area contributed by atoms with Crippen LogP contribution in [0.15, 0.2) is 29.3 Å². The summed E-state index contributed by atoms with van der Waals surface area (Å²) in [4.78, 5) is 27.3. The zero-order chi connectivity index (χ0) is 21.7. The van der Waals surface area contributed by atoms with Gasteiger partial charge < -0.3 is 25.4 Å². The van der Waals surface area contributed by atoms with Crippen molar-refractivity contribution in [3.63, 3.8) is 0 Å². The molecular formula is C20H33N5O4. The van der Waals surface area contributed by atoms with Gasteiger partial charge in [0.05, 0.1) is 13.7 Å². The molecule has 0 bridgehead atoms. The lowest BCUT2D eigenvalue weighted by molar-refractivity contribution is 0.0527. The summed E-state index contributed by atoms with van der Waals surface area (Å²) in [5.41, 5.74) is 1.16. The summed E-state index contributed by atoms with van der Waals surface area (Å²) in [6.07, 6.45) is -0.184. The first kappa shape index (κ1) is 24.1. The van der Waals surface area contributed by atoms with E-state index in [2.05, 4.69) is 31.0 Å². The van der Waals surface area contributed by atoms with E-state index in [1.165, 1.54) is 7.11 Å². The summed E-state index contributed by atoms with van der Waals surface area (Å²) in [6.45, 7) is 9.88. The van der Waals surface area contributed by atoms with Crippen LogP contribution in [0.4, 0.5) is 15.3 Å². The van der Waals surface area contributed by atoms with Gasteiger partial charge in [-0.15, -0.1) is 0 Å². The van der Waals surface area contributed by atoms with Gasteiger partial charge in [0, 0.05) is 25.3 Å². The van der Waals surface area contributed by atoms with Crippen LogP contribution in [0.1, 0.15) is 39.7 Å². The van der Waals surface area contributed by atoms with Crippen molar-refractivity contribution in [1.82, 2.24) is 16.0 Å². The van der Waals surface area contributed by atoms with Gasteiger partial charge in [-0.05, 0) is 51.8 Å². The van der Waals surface area contributed by atoms with E-state index >= 15 is 0 Å². The number of alkyl carbamates (subject to hydrolysis) is 1. The molecule has 29 heavy (non-hydrogen) atoms. The van der Waals surface area contributed by atoms with E-state index in [4.69, 9.17) is 4.74 Å². The number of hydrogen-bond acceptors (Lipinski definition) is 5. The highest BCUT2D eigenvalue weighted by Crippen LogP contribution is 2.10. The smallest absolute Gasteiger partial charge is 0.411 e. The van der Waals surface area contributed by atoms with Crippen LogP contribution >= 0.6 is 0 Å². The average molecular weight is 408 g/mol. The largest absolute Gasteiger partial charge is 0.453 e. The Morgan fingerprint density at radius 3 is 2.24 bits per heavy atom. The van der Waals surface area contributed by atoms with Gasteiger partial charge in [-0.1, -0.05) is 12.1 Å². The Balaban J connectivity index is 2.40. The van der Waals surface area contributed by atoms with Crippen molar-refractivity contribution in [2.75, 3.05) is 32.1 Å². The molecule has 0 spiro atoms. The molecule has 0 aliphatic rings. The van der Waals surface area contributed by atoms with Crippen LogP contribution in [0, 0.1) is 0 Å². The molecule has 0 fully saturated rings. The number of ether oxygens (including phenoxy) is 2. The van der Waals surface area contributed by atoms with E-state index in [9.17, 15) is 9.59 Å². The van der Waals surface area contributed by atoms with Crippen LogP contribution in [0.2, 0.25) is 0 Å². The minimum Gasteiger partial charge on any atom is -0.453 e. The van der Waals surface area contributed by atoms with E-state index < -0.39 is 17.8 Å². The Morgan fingerprint density at radius 1 is 1.00 bits per heavy atom. The van der Waals surface area contributed by atoms with Crippen LogP contribution in [0.3, 0.4) is 0 Å². The minimum atomic E-state index is -0.504. The Hall–Kier alpha value is -2.97. The molecule has 9 heteroatoms. The van der Waals surface area contributed by atoms with E-state index in [0.29, 0.717) is 31.3 Å². The summed E-state index contributed by atoms with van der Waals surface area (Å²) < 4.78 is 9.75. The first-order valence-corrected chi connectivity index (χ1v) is 9.66. The predicted octanol–water partition coefficient (Wildman–Crippen LogP) is 2.83. The lowest BCUT2D eigenvalue weighted by Crippen LogP contribution is -2.39. The first-order chi connectivity index (χ1) is 13.7. The molecule has 0 unspecified atom stereocenters. The molecule has 0 aliphatic heterocycles. The molecule has 0 saturated carbocycles. The molecule has 1 aromatic rings. The van der Waals surface area contributed by atoms with Crippen molar-refractivity contribution >= 4 is 23.8 Å². The SMILES string of the molecule is CCNC(=NCc1ccc(NC(=O)OC)cc1)NCCCNC(=O)OC(C)(C)C. The van der Waals surface area contributed by atoms with Gasteiger partial charge >= 0.3 is 12.2 Å². The summed E-state index contributed by atoms with van der Waals surface area (Å²) in [5.74, 6) is 0.696. The second-order valence-corrected chi connectivity index (χ2v) is 7.22. The van der Waals surface area contributed by atoms with Gasteiger partial charge in [0.2, 0.25) is 0 Å². The topological polar surface area (TPSA) is 113 Å². The maximum Gasteiger partial charge on any atom is 0.411 e. The number of carbonyl (C=O) groups is 2. The highest BCUT2D eigenvalue weighted by molar-refractivity contribution is 5.84. The number of hydrogen-bond donors (Lipinski definition) is 4. The van der Waals surface area contributed by atoms with Gasteiger partial charge in [-0.2, -0.15) is 0 Å². The molecule has 0 radical (unpaired) electrons. The van der Waals surface area contributed by atoms with Crippen molar-refractivity contribution in [2.45, 2.75) is 46.3 Å². The summed E-state index contributed by atoms with van der Waals surface area (Å²) in [5, 5.41) is 11.7.